The monoisotopic (exact) mass is 852 g/mol. The Labute approximate surface area is 355 Å². The first-order chi connectivity index (χ1) is 29.0. The quantitative estimate of drug-likeness (QED) is 0.0858. The summed E-state index contributed by atoms with van der Waals surface area (Å²) in [6, 6.07) is 21.3. The number of allylic oxidation sites excluding steroid dienone is 4. The number of aliphatic hydroxyl groups excluding tert-OH is 1. The highest BCUT2D eigenvalue weighted by Gasteiger charge is 2.59. The van der Waals surface area contributed by atoms with Gasteiger partial charge in [0.15, 0.2) is 17.1 Å². The van der Waals surface area contributed by atoms with Crippen LogP contribution >= 0.6 is 21.6 Å². The fourth-order valence-electron chi connectivity index (χ4n) is 8.56. The molecular formula is C46H48N2O10S2. The van der Waals surface area contributed by atoms with Crippen molar-refractivity contribution in [2.24, 2.45) is 11.8 Å². The molecule has 14 heteroatoms. The molecule has 0 radical (unpaired) electrons. The lowest BCUT2D eigenvalue weighted by atomic mass is 9.77. The standard InChI is InChI=1S/C46H48N2O10S2/c1-26-7-9-28(34-6-4-3-5-33(26)34)10-8-27(2)36-21-48-24-46(54)43(56-25-60-59-23-38(36)30-17-18-47-20-30)41(51)42(44(52)53)58-45(46)57-32-15-16-35-39(19-32)55-22-37(40(35)50)29-11-13-31(49)14-12-29/h3-7,9-20,22,26-27,36,38,41-43,45,47-49,51,54H,8,21,23-25H2,1-2H3,(H,52,53). The summed E-state index contributed by atoms with van der Waals surface area (Å²) < 4.78 is 24.2. The maximum atomic E-state index is 13.5. The van der Waals surface area contributed by atoms with E-state index in [1.807, 2.05) is 12.4 Å². The summed E-state index contributed by atoms with van der Waals surface area (Å²) in [6.07, 6.45) is 6.26. The van der Waals surface area contributed by atoms with Crippen molar-refractivity contribution in [3.63, 3.8) is 0 Å². The summed E-state index contributed by atoms with van der Waals surface area (Å²) in [5.41, 5.74) is 3.55. The Morgan fingerprint density at radius 3 is 2.68 bits per heavy atom. The van der Waals surface area contributed by atoms with Gasteiger partial charge >= 0.3 is 5.97 Å². The molecular weight excluding hydrogens is 805 g/mol. The number of benzene rings is 3. The molecule has 9 unspecified atom stereocenters. The van der Waals surface area contributed by atoms with E-state index in [0.717, 1.165) is 12.2 Å². The molecule has 60 heavy (non-hydrogen) atoms. The number of β-amino-alcohol motifs (C(OH)–C–C–N with tert-alkyl or cyclic N) is 1. The number of hydrogen-bond acceptors (Lipinski definition) is 12. The van der Waals surface area contributed by atoms with Crippen molar-refractivity contribution in [1.82, 2.24) is 10.3 Å². The van der Waals surface area contributed by atoms with Crippen LogP contribution in [0.15, 0.2) is 119 Å². The Morgan fingerprint density at radius 2 is 1.90 bits per heavy atom. The Morgan fingerprint density at radius 1 is 1.08 bits per heavy atom. The van der Waals surface area contributed by atoms with E-state index in [4.69, 9.17) is 18.6 Å². The van der Waals surface area contributed by atoms with Crippen molar-refractivity contribution in [2.45, 2.75) is 62.3 Å². The third kappa shape index (κ3) is 8.55. The largest absolute Gasteiger partial charge is 0.508 e. The number of fused-ring (bicyclic) bond motifs is 3. The highest BCUT2D eigenvalue weighted by molar-refractivity contribution is 8.76. The van der Waals surface area contributed by atoms with Gasteiger partial charge in [-0.05, 0) is 94.8 Å². The van der Waals surface area contributed by atoms with Crippen molar-refractivity contribution >= 4 is 44.1 Å². The third-order valence-corrected chi connectivity index (χ3v) is 14.0. The van der Waals surface area contributed by atoms with Crippen LogP contribution in [-0.4, -0.2) is 86.4 Å². The van der Waals surface area contributed by atoms with Gasteiger partial charge in [0.25, 0.3) is 0 Å². The maximum absolute atomic E-state index is 13.5. The minimum atomic E-state index is -2.10. The zero-order chi connectivity index (χ0) is 42.0. The van der Waals surface area contributed by atoms with E-state index in [-0.39, 0.29) is 58.1 Å². The molecule has 0 spiro atoms. The number of carbonyl (C=O) groups is 1. The van der Waals surface area contributed by atoms with Gasteiger partial charge in [-0.25, -0.2) is 4.79 Å². The van der Waals surface area contributed by atoms with E-state index in [0.29, 0.717) is 23.6 Å². The molecule has 5 aromatic rings. The average Bonchev–Trinajstić information content (AvgIpc) is 3.78. The van der Waals surface area contributed by atoms with Crippen LogP contribution in [0.3, 0.4) is 0 Å². The summed E-state index contributed by atoms with van der Waals surface area (Å²) in [7, 11) is 3.04. The molecule has 2 aromatic heterocycles. The SMILES string of the molecule is CC1C=CC(=CCC(C)C2CNCC3(O)C(Oc4ccc5c(=O)c(-c6ccc(O)cc6)coc5c4)OC(C(=O)O)C(O)C3OCSSCC2c2cc[nH]c2)c2ccccc21. The van der Waals surface area contributed by atoms with Gasteiger partial charge in [0, 0.05) is 30.8 Å². The lowest BCUT2D eigenvalue weighted by Gasteiger charge is -2.48. The number of ether oxygens (including phenoxy) is 3. The number of phenolic OH excluding ortho intramolecular Hbond substituents is 1. The van der Waals surface area contributed by atoms with Gasteiger partial charge in [0.2, 0.25) is 6.29 Å². The predicted octanol–water partition coefficient (Wildman–Crippen LogP) is 7.28. The number of carboxylic acids is 1. The molecule has 4 heterocycles. The second-order valence-corrected chi connectivity index (χ2v) is 18.2. The molecule has 2 saturated heterocycles. The van der Waals surface area contributed by atoms with Gasteiger partial charge < -0.3 is 49.4 Å². The van der Waals surface area contributed by atoms with Gasteiger partial charge in [0.1, 0.15) is 41.5 Å². The molecule has 0 saturated carbocycles. The predicted molar refractivity (Wildman–Crippen MR) is 233 cm³/mol. The van der Waals surface area contributed by atoms with Gasteiger partial charge in [0.05, 0.1) is 10.9 Å². The molecule has 2 aliphatic heterocycles. The van der Waals surface area contributed by atoms with Crippen molar-refractivity contribution in [3.05, 3.63) is 137 Å². The van der Waals surface area contributed by atoms with Gasteiger partial charge in [-0.1, -0.05) is 90.1 Å². The normalized spacial score (nSPS) is 28.5. The Kier molecular flexibility index (Phi) is 12.6. The van der Waals surface area contributed by atoms with Crippen molar-refractivity contribution in [1.29, 1.82) is 0 Å². The molecule has 0 bridgehead atoms. The number of phenols is 1. The first-order valence-corrected chi connectivity index (χ1v) is 22.5. The highest BCUT2D eigenvalue weighted by Crippen LogP contribution is 2.42. The fourth-order valence-corrected chi connectivity index (χ4v) is 10.6. The van der Waals surface area contributed by atoms with E-state index >= 15 is 0 Å². The Hall–Kier alpha value is -4.80. The average molecular weight is 853 g/mol. The minimum Gasteiger partial charge on any atom is -0.508 e. The first kappa shape index (κ1) is 41.9. The number of aromatic hydroxyl groups is 1. The van der Waals surface area contributed by atoms with Crippen molar-refractivity contribution in [3.8, 4) is 22.6 Å². The molecule has 1 aliphatic carbocycles. The van der Waals surface area contributed by atoms with Crippen LogP contribution in [0.2, 0.25) is 0 Å². The second kappa shape index (κ2) is 18.0. The van der Waals surface area contributed by atoms with Crippen LogP contribution in [0.5, 0.6) is 11.5 Å². The number of aromatic amines is 1. The lowest BCUT2D eigenvalue weighted by molar-refractivity contribution is -0.316. The van der Waals surface area contributed by atoms with Crippen LogP contribution in [-0.2, 0) is 14.3 Å². The summed E-state index contributed by atoms with van der Waals surface area (Å²) in [5.74, 6) is 0.246. The van der Waals surface area contributed by atoms with Crippen LogP contribution in [0, 0.1) is 11.8 Å². The number of rotatable bonds is 8. The molecule has 8 rings (SSSR count). The van der Waals surface area contributed by atoms with E-state index in [2.05, 4.69) is 72.7 Å². The smallest absolute Gasteiger partial charge is 0.335 e. The Bertz CT molecular complexity index is 2420. The topological polar surface area (TPSA) is 184 Å². The summed E-state index contributed by atoms with van der Waals surface area (Å²) in [5, 5.41) is 47.6. The Balaban J connectivity index is 1.08. The highest BCUT2D eigenvalue weighted by atomic mass is 33.1. The third-order valence-electron chi connectivity index (χ3n) is 12.0. The van der Waals surface area contributed by atoms with E-state index in [1.165, 1.54) is 69.7 Å². The molecule has 6 N–H and O–H groups in total. The maximum Gasteiger partial charge on any atom is 0.335 e. The molecule has 12 nitrogen and oxygen atoms in total. The molecule has 314 valence electrons. The van der Waals surface area contributed by atoms with Crippen molar-refractivity contribution < 1.29 is 43.8 Å². The molecule has 2 fully saturated rings. The zero-order valence-corrected chi connectivity index (χ0v) is 34.7. The summed E-state index contributed by atoms with van der Waals surface area (Å²) in [4.78, 5) is 29.2. The first-order valence-electron chi connectivity index (χ1n) is 20.0. The van der Waals surface area contributed by atoms with Gasteiger partial charge in [-0.2, -0.15) is 0 Å². The van der Waals surface area contributed by atoms with Crippen LogP contribution in [0.1, 0.15) is 48.8 Å². The van der Waals surface area contributed by atoms with E-state index in [1.54, 1.807) is 22.9 Å². The van der Waals surface area contributed by atoms with E-state index < -0.39 is 36.2 Å². The molecule has 3 aromatic carbocycles. The fraction of sp³-hybridized carbons (Fsp3) is 0.348. The minimum absolute atomic E-state index is 0.0363. The summed E-state index contributed by atoms with van der Waals surface area (Å²) in [6.45, 7) is 4.73. The summed E-state index contributed by atoms with van der Waals surface area (Å²) >= 11 is 0. The zero-order valence-electron chi connectivity index (χ0n) is 33.1. The second-order valence-electron chi connectivity index (χ2n) is 15.8. The van der Waals surface area contributed by atoms with E-state index in [9.17, 15) is 30.0 Å². The van der Waals surface area contributed by atoms with Crippen LogP contribution in [0.25, 0.3) is 27.7 Å². The molecule has 9 atom stereocenters. The number of nitrogens with one attached hydrogen (secondary N) is 2. The number of hydrogen-bond donors (Lipinski definition) is 6. The number of carboxylic acid groups (broad SMARTS) is 1. The van der Waals surface area contributed by atoms with Crippen LogP contribution < -0.4 is 15.5 Å². The number of aliphatic carboxylic acids is 1. The van der Waals surface area contributed by atoms with Gasteiger partial charge in [-0.15, -0.1) is 0 Å². The number of aliphatic hydroxyl groups is 2. The van der Waals surface area contributed by atoms with Crippen LogP contribution in [0.4, 0.5) is 0 Å². The van der Waals surface area contributed by atoms with Crippen molar-refractivity contribution in [2.75, 3.05) is 24.8 Å². The number of aromatic nitrogens is 1. The molecule has 3 aliphatic rings. The number of H-pyrrole nitrogens is 1. The lowest BCUT2D eigenvalue weighted by Crippen LogP contribution is -2.72. The molecule has 0 amide bonds. The van der Waals surface area contributed by atoms with Gasteiger partial charge in [-0.3, -0.25) is 4.79 Å².